The second-order valence-electron chi connectivity index (χ2n) is 4.02. The first kappa shape index (κ1) is 12.5. The Morgan fingerprint density at radius 2 is 2.11 bits per heavy atom. The summed E-state index contributed by atoms with van der Waals surface area (Å²) >= 11 is 0. The normalized spacial score (nSPS) is 10.9. The lowest BCUT2D eigenvalue weighted by molar-refractivity contribution is 0.0632. The number of halogens is 2. The molecule has 1 aromatic carbocycles. The van der Waals surface area contributed by atoms with Gasteiger partial charge in [0.1, 0.15) is 12.4 Å². The molecule has 0 unspecified atom stereocenters. The molecule has 0 radical (unpaired) electrons. The molecule has 0 saturated heterocycles. The fourth-order valence-electron chi connectivity index (χ4n) is 1.66. The van der Waals surface area contributed by atoms with Crippen LogP contribution >= 0.6 is 0 Å². The van der Waals surface area contributed by atoms with Gasteiger partial charge in [0, 0.05) is 12.4 Å². The Morgan fingerprint density at radius 3 is 2.83 bits per heavy atom. The molecule has 96 valence electrons. The zero-order chi connectivity index (χ0) is 13.1. The van der Waals surface area contributed by atoms with E-state index in [9.17, 15) is 8.78 Å². The van der Waals surface area contributed by atoms with Crippen molar-refractivity contribution in [1.29, 1.82) is 0 Å². The smallest absolute Gasteiger partial charge is 0.320 e. The van der Waals surface area contributed by atoms with E-state index in [1.807, 2.05) is 32.0 Å². The third-order valence-electron chi connectivity index (χ3n) is 2.87. The van der Waals surface area contributed by atoms with Crippen LogP contribution in [0.4, 0.5) is 8.78 Å². The molecule has 5 heteroatoms. The van der Waals surface area contributed by atoms with Gasteiger partial charge in [0.05, 0.1) is 0 Å². The van der Waals surface area contributed by atoms with Crippen LogP contribution in [0.1, 0.15) is 23.5 Å². The second-order valence-corrected chi connectivity index (χ2v) is 4.02. The number of aromatic nitrogens is 2. The van der Waals surface area contributed by atoms with Crippen LogP contribution in [0.25, 0.3) is 0 Å². The molecule has 0 bridgehead atoms. The number of nitrogens with zero attached hydrogens (tertiary/aromatic N) is 2. The Morgan fingerprint density at radius 1 is 1.33 bits per heavy atom. The highest BCUT2D eigenvalue weighted by atomic mass is 19.3. The highest BCUT2D eigenvalue weighted by Crippen LogP contribution is 2.22. The standard InChI is InChI=1S/C13H14F2N2O/c1-9-4-3-5-11(10(9)2)18-8-12-16-6-7-17(12)13(14)15/h3-7,13H,8H2,1-2H3. The summed E-state index contributed by atoms with van der Waals surface area (Å²) < 4.78 is 31.5. The molecule has 0 spiro atoms. The van der Waals surface area contributed by atoms with Crippen LogP contribution in [0.3, 0.4) is 0 Å². The predicted octanol–water partition coefficient (Wildman–Crippen LogP) is 3.47. The van der Waals surface area contributed by atoms with E-state index >= 15 is 0 Å². The van der Waals surface area contributed by atoms with Gasteiger partial charge in [-0.2, -0.15) is 8.78 Å². The summed E-state index contributed by atoms with van der Waals surface area (Å²) in [5.74, 6) is 0.907. The molecule has 3 nitrogen and oxygen atoms in total. The molecular weight excluding hydrogens is 238 g/mol. The van der Waals surface area contributed by atoms with E-state index < -0.39 is 6.55 Å². The average molecular weight is 252 g/mol. The summed E-state index contributed by atoms with van der Waals surface area (Å²) in [7, 11) is 0. The highest BCUT2D eigenvalue weighted by Gasteiger charge is 2.12. The van der Waals surface area contributed by atoms with Gasteiger partial charge in [-0.25, -0.2) is 4.98 Å². The minimum Gasteiger partial charge on any atom is -0.485 e. The molecule has 0 aliphatic rings. The van der Waals surface area contributed by atoms with Crippen molar-refractivity contribution in [3.63, 3.8) is 0 Å². The van der Waals surface area contributed by atoms with Crippen LogP contribution in [0.2, 0.25) is 0 Å². The van der Waals surface area contributed by atoms with Gasteiger partial charge in [0.2, 0.25) is 0 Å². The molecule has 0 N–H and O–H groups in total. The van der Waals surface area contributed by atoms with Crippen LogP contribution in [-0.4, -0.2) is 9.55 Å². The Balaban J connectivity index is 2.12. The molecule has 2 aromatic rings. The molecule has 1 heterocycles. The first-order chi connectivity index (χ1) is 8.59. The van der Waals surface area contributed by atoms with Crippen LogP contribution in [0.15, 0.2) is 30.6 Å². The van der Waals surface area contributed by atoms with E-state index in [4.69, 9.17) is 4.74 Å². The Labute approximate surface area is 104 Å². The lowest BCUT2D eigenvalue weighted by atomic mass is 10.1. The maximum absolute atomic E-state index is 12.6. The topological polar surface area (TPSA) is 27.1 Å². The maximum Gasteiger partial charge on any atom is 0.320 e. The Hall–Kier alpha value is -1.91. The summed E-state index contributed by atoms with van der Waals surface area (Å²) in [5, 5.41) is 0. The summed E-state index contributed by atoms with van der Waals surface area (Å²) in [6.07, 6.45) is 2.58. The van der Waals surface area contributed by atoms with Crippen molar-refractivity contribution in [1.82, 2.24) is 9.55 Å². The van der Waals surface area contributed by atoms with E-state index in [0.717, 1.165) is 15.7 Å². The quantitative estimate of drug-likeness (QED) is 0.833. The molecule has 0 aliphatic heterocycles. The minimum atomic E-state index is -2.59. The number of ether oxygens (including phenoxy) is 1. The first-order valence-corrected chi connectivity index (χ1v) is 5.58. The van der Waals surface area contributed by atoms with Gasteiger partial charge in [0.25, 0.3) is 0 Å². The number of hydrogen-bond acceptors (Lipinski definition) is 2. The van der Waals surface area contributed by atoms with Gasteiger partial charge < -0.3 is 4.74 Å². The van der Waals surface area contributed by atoms with Crippen molar-refractivity contribution in [3.05, 3.63) is 47.5 Å². The van der Waals surface area contributed by atoms with E-state index in [1.165, 1.54) is 12.4 Å². The van der Waals surface area contributed by atoms with E-state index in [1.54, 1.807) is 0 Å². The zero-order valence-electron chi connectivity index (χ0n) is 10.2. The van der Waals surface area contributed by atoms with Gasteiger partial charge in [-0.1, -0.05) is 12.1 Å². The summed E-state index contributed by atoms with van der Waals surface area (Å²) in [6, 6.07) is 5.66. The van der Waals surface area contributed by atoms with Crippen molar-refractivity contribution in [2.75, 3.05) is 0 Å². The summed E-state index contributed by atoms with van der Waals surface area (Å²) in [4.78, 5) is 3.86. The van der Waals surface area contributed by atoms with Crippen LogP contribution in [0.5, 0.6) is 5.75 Å². The van der Waals surface area contributed by atoms with Crippen molar-refractivity contribution >= 4 is 0 Å². The zero-order valence-corrected chi connectivity index (χ0v) is 10.2. The van der Waals surface area contributed by atoms with Crippen LogP contribution < -0.4 is 4.74 Å². The Bertz CT molecular complexity index is 538. The fourth-order valence-corrected chi connectivity index (χ4v) is 1.66. The number of alkyl halides is 2. The van der Waals surface area contributed by atoms with Crippen molar-refractivity contribution < 1.29 is 13.5 Å². The molecule has 0 amide bonds. The van der Waals surface area contributed by atoms with Gasteiger partial charge in [-0.15, -0.1) is 0 Å². The Kier molecular flexibility index (Phi) is 3.60. The highest BCUT2D eigenvalue weighted by molar-refractivity contribution is 5.38. The van der Waals surface area contributed by atoms with Gasteiger partial charge in [-0.3, -0.25) is 4.57 Å². The van der Waals surface area contributed by atoms with Crippen LogP contribution in [0, 0.1) is 13.8 Å². The molecule has 0 fully saturated rings. The maximum atomic E-state index is 12.6. The molecule has 0 saturated carbocycles. The lowest BCUT2D eigenvalue weighted by Gasteiger charge is -2.11. The minimum absolute atomic E-state index is 0.0294. The largest absolute Gasteiger partial charge is 0.485 e. The molecule has 1 aromatic heterocycles. The number of imidazole rings is 1. The third-order valence-corrected chi connectivity index (χ3v) is 2.87. The first-order valence-electron chi connectivity index (χ1n) is 5.58. The van der Waals surface area contributed by atoms with Crippen molar-refractivity contribution in [3.8, 4) is 5.75 Å². The van der Waals surface area contributed by atoms with Crippen molar-refractivity contribution in [2.45, 2.75) is 27.0 Å². The molecule has 2 rings (SSSR count). The monoisotopic (exact) mass is 252 g/mol. The number of benzene rings is 1. The van der Waals surface area contributed by atoms with Gasteiger partial charge in [0.15, 0.2) is 5.82 Å². The van der Waals surface area contributed by atoms with Gasteiger partial charge >= 0.3 is 6.55 Å². The third kappa shape index (κ3) is 2.50. The summed E-state index contributed by atoms with van der Waals surface area (Å²) in [6.45, 7) is 1.35. The molecule has 18 heavy (non-hydrogen) atoms. The summed E-state index contributed by atoms with van der Waals surface area (Å²) in [5.41, 5.74) is 2.11. The van der Waals surface area contributed by atoms with Crippen molar-refractivity contribution in [2.24, 2.45) is 0 Å². The molecular formula is C13H14F2N2O. The van der Waals surface area contributed by atoms with E-state index in [0.29, 0.717) is 5.75 Å². The SMILES string of the molecule is Cc1cccc(OCc2nccn2C(F)F)c1C. The number of rotatable bonds is 4. The predicted molar refractivity (Wildman–Crippen MR) is 63.7 cm³/mol. The molecule has 0 atom stereocenters. The number of aryl methyl sites for hydroxylation is 1. The second kappa shape index (κ2) is 5.16. The lowest BCUT2D eigenvalue weighted by Crippen LogP contribution is -2.07. The fraction of sp³-hybridized carbons (Fsp3) is 0.308. The number of hydrogen-bond donors (Lipinski definition) is 0. The van der Waals surface area contributed by atoms with Gasteiger partial charge in [-0.05, 0) is 31.0 Å². The van der Waals surface area contributed by atoms with Crippen LogP contribution in [-0.2, 0) is 6.61 Å². The van der Waals surface area contributed by atoms with E-state index in [-0.39, 0.29) is 12.4 Å². The van der Waals surface area contributed by atoms with E-state index in [2.05, 4.69) is 4.98 Å². The molecule has 0 aliphatic carbocycles. The average Bonchev–Trinajstić information content (AvgIpc) is 2.79.